The van der Waals surface area contributed by atoms with Gasteiger partial charge in [-0.15, -0.1) is 24.0 Å². The first-order chi connectivity index (χ1) is 14.4. The van der Waals surface area contributed by atoms with E-state index in [4.69, 9.17) is 9.47 Å². The molecule has 8 nitrogen and oxygen atoms in total. The normalized spacial score (nSPS) is 15.5. The molecule has 9 heteroatoms. The van der Waals surface area contributed by atoms with E-state index in [9.17, 15) is 4.79 Å². The molecule has 1 aromatic carbocycles. The van der Waals surface area contributed by atoms with Gasteiger partial charge in [-0.1, -0.05) is 12.1 Å². The van der Waals surface area contributed by atoms with Gasteiger partial charge < -0.3 is 25.0 Å². The quantitative estimate of drug-likeness (QED) is 0.201. The minimum absolute atomic E-state index is 0. The van der Waals surface area contributed by atoms with E-state index in [-0.39, 0.29) is 42.5 Å². The van der Waals surface area contributed by atoms with E-state index in [0.29, 0.717) is 12.5 Å². The number of hydrogen-bond donors (Lipinski definition) is 2. The molecular weight excluding hydrogens is 509 g/mol. The second kappa shape index (κ2) is 15.3. The standard InChI is InChI=1S/C22H37N5O3.HI/c1-18-7-5-8-20(15-18)30-19(2)16-24-22(25-17-21(28)26(3)4)23-9-6-10-27-11-13-29-14-12-27;/h5,7-8,15,19H,6,9-14,16-17H2,1-4H3,(H2,23,24,25);1H. The van der Waals surface area contributed by atoms with Gasteiger partial charge in [-0.2, -0.15) is 0 Å². The van der Waals surface area contributed by atoms with Crippen molar-refractivity contribution in [1.29, 1.82) is 0 Å². The lowest BCUT2D eigenvalue weighted by Crippen LogP contribution is -2.44. The number of nitrogens with one attached hydrogen (secondary N) is 2. The molecule has 0 aromatic heterocycles. The molecule has 1 aromatic rings. The number of benzene rings is 1. The van der Waals surface area contributed by atoms with E-state index < -0.39 is 0 Å². The Hall–Kier alpha value is -1.59. The molecule has 1 fully saturated rings. The molecule has 1 heterocycles. The zero-order valence-corrected chi connectivity index (χ0v) is 21.6. The number of rotatable bonds is 10. The molecule has 1 unspecified atom stereocenters. The van der Waals surface area contributed by atoms with Crippen molar-refractivity contribution in [3.05, 3.63) is 29.8 Å². The van der Waals surface area contributed by atoms with Crippen LogP contribution in [0.25, 0.3) is 0 Å². The van der Waals surface area contributed by atoms with E-state index >= 15 is 0 Å². The maximum atomic E-state index is 11.9. The van der Waals surface area contributed by atoms with Crippen molar-refractivity contribution in [3.8, 4) is 5.75 Å². The summed E-state index contributed by atoms with van der Waals surface area (Å²) in [6.45, 7) is 10.2. The maximum absolute atomic E-state index is 11.9. The zero-order valence-electron chi connectivity index (χ0n) is 19.2. The molecule has 176 valence electrons. The first-order valence-corrected chi connectivity index (χ1v) is 10.7. The lowest BCUT2D eigenvalue weighted by atomic mass is 10.2. The van der Waals surface area contributed by atoms with Gasteiger partial charge in [0.1, 0.15) is 18.4 Å². The number of halogens is 1. The SMILES string of the molecule is Cc1cccc(OC(C)CNC(=NCC(=O)N(C)C)NCCCN2CCOCC2)c1.I. The van der Waals surface area contributed by atoms with Crippen LogP contribution < -0.4 is 15.4 Å². The number of aryl methyl sites for hydroxylation is 1. The molecule has 1 aliphatic rings. The molecule has 0 spiro atoms. The zero-order chi connectivity index (χ0) is 21.8. The number of guanidine groups is 1. The molecular formula is C22H38IN5O3. The molecule has 0 saturated carbocycles. The molecule has 0 aliphatic carbocycles. The third-order valence-corrected chi connectivity index (χ3v) is 4.80. The van der Waals surface area contributed by atoms with Crippen LogP contribution >= 0.6 is 24.0 Å². The van der Waals surface area contributed by atoms with Crippen molar-refractivity contribution < 1.29 is 14.3 Å². The summed E-state index contributed by atoms with van der Waals surface area (Å²) >= 11 is 0. The van der Waals surface area contributed by atoms with Gasteiger partial charge in [0.2, 0.25) is 5.91 Å². The van der Waals surface area contributed by atoms with Crippen LogP contribution in [-0.4, -0.2) is 94.3 Å². The Morgan fingerprint density at radius 3 is 2.71 bits per heavy atom. The number of carbonyl (C=O) groups is 1. The van der Waals surface area contributed by atoms with Crippen molar-refractivity contribution >= 4 is 35.8 Å². The highest BCUT2D eigenvalue weighted by Gasteiger charge is 2.11. The highest BCUT2D eigenvalue weighted by atomic mass is 127. The van der Waals surface area contributed by atoms with Gasteiger partial charge in [-0.3, -0.25) is 9.69 Å². The average Bonchev–Trinajstić information content (AvgIpc) is 2.73. The second-order valence-corrected chi connectivity index (χ2v) is 7.81. The average molecular weight is 547 g/mol. The van der Waals surface area contributed by atoms with Crippen LogP contribution in [-0.2, 0) is 9.53 Å². The van der Waals surface area contributed by atoms with E-state index in [1.165, 1.54) is 5.56 Å². The fourth-order valence-electron chi connectivity index (χ4n) is 3.00. The Bertz CT molecular complexity index is 681. The van der Waals surface area contributed by atoms with Crippen molar-refractivity contribution in [1.82, 2.24) is 20.4 Å². The topological polar surface area (TPSA) is 78.4 Å². The van der Waals surface area contributed by atoms with Crippen LogP contribution in [0.2, 0.25) is 0 Å². The van der Waals surface area contributed by atoms with Crippen LogP contribution in [0, 0.1) is 6.92 Å². The molecule has 31 heavy (non-hydrogen) atoms. The predicted molar refractivity (Wildman–Crippen MR) is 136 cm³/mol. The number of amides is 1. The third-order valence-electron chi connectivity index (χ3n) is 4.80. The van der Waals surface area contributed by atoms with Gasteiger partial charge in [0, 0.05) is 33.7 Å². The molecule has 1 aliphatic heterocycles. The Morgan fingerprint density at radius 1 is 1.29 bits per heavy atom. The Morgan fingerprint density at radius 2 is 2.03 bits per heavy atom. The van der Waals surface area contributed by atoms with E-state index in [2.05, 4.69) is 20.5 Å². The fourth-order valence-corrected chi connectivity index (χ4v) is 3.00. The first-order valence-electron chi connectivity index (χ1n) is 10.7. The lowest BCUT2D eigenvalue weighted by Gasteiger charge is -2.26. The van der Waals surface area contributed by atoms with Crippen molar-refractivity contribution in [2.75, 3.05) is 66.6 Å². The van der Waals surface area contributed by atoms with Gasteiger partial charge in [0.15, 0.2) is 5.96 Å². The number of likely N-dealkylation sites (N-methyl/N-ethyl adjacent to an activating group) is 1. The largest absolute Gasteiger partial charge is 0.489 e. The molecule has 2 rings (SSSR count). The Labute approximate surface area is 203 Å². The summed E-state index contributed by atoms with van der Waals surface area (Å²) in [6, 6.07) is 8.01. The second-order valence-electron chi connectivity index (χ2n) is 7.81. The van der Waals surface area contributed by atoms with Gasteiger partial charge >= 0.3 is 0 Å². The highest BCUT2D eigenvalue weighted by molar-refractivity contribution is 14.0. The fraction of sp³-hybridized carbons (Fsp3) is 0.636. The molecule has 1 atom stereocenters. The molecule has 1 saturated heterocycles. The minimum Gasteiger partial charge on any atom is -0.489 e. The van der Waals surface area contributed by atoms with Crippen molar-refractivity contribution in [2.24, 2.45) is 4.99 Å². The summed E-state index contributed by atoms with van der Waals surface area (Å²) in [5.74, 6) is 1.45. The number of aliphatic imine (C=N–C) groups is 1. The van der Waals surface area contributed by atoms with Gasteiger partial charge in [-0.05, 0) is 44.5 Å². The number of morpholine rings is 1. The van der Waals surface area contributed by atoms with E-state index in [1.807, 2.05) is 38.1 Å². The minimum atomic E-state index is -0.0447. The number of ether oxygens (including phenoxy) is 2. The molecule has 0 radical (unpaired) electrons. The monoisotopic (exact) mass is 547 g/mol. The molecule has 0 bridgehead atoms. The van der Waals surface area contributed by atoms with Crippen LogP contribution in [0.15, 0.2) is 29.3 Å². The van der Waals surface area contributed by atoms with Crippen molar-refractivity contribution in [3.63, 3.8) is 0 Å². The Kier molecular flexibility index (Phi) is 13.5. The summed E-state index contributed by atoms with van der Waals surface area (Å²) < 4.78 is 11.4. The number of carbonyl (C=O) groups excluding carboxylic acids is 1. The third kappa shape index (κ3) is 11.6. The van der Waals surface area contributed by atoms with E-state index in [1.54, 1.807) is 19.0 Å². The van der Waals surface area contributed by atoms with Gasteiger partial charge in [0.05, 0.1) is 19.8 Å². The van der Waals surface area contributed by atoms with Gasteiger partial charge in [-0.25, -0.2) is 4.99 Å². The predicted octanol–water partition coefficient (Wildman–Crippen LogP) is 1.73. The maximum Gasteiger partial charge on any atom is 0.243 e. The first kappa shape index (κ1) is 27.4. The molecule has 2 N–H and O–H groups in total. The van der Waals surface area contributed by atoms with Crippen LogP contribution in [0.4, 0.5) is 0 Å². The number of nitrogens with zero attached hydrogens (tertiary/aromatic N) is 3. The summed E-state index contributed by atoms with van der Waals surface area (Å²) in [5, 5.41) is 6.63. The Balaban J connectivity index is 0.00000480. The summed E-state index contributed by atoms with van der Waals surface area (Å²) in [6.07, 6.45) is 0.953. The molecule has 1 amide bonds. The smallest absolute Gasteiger partial charge is 0.243 e. The van der Waals surface area contributed by atoms with Crippen LogP contribution in [0.5, 0.6) is 5.75 Å². The number of hydrogen-bond acceptors (Lipinski definition) is 5. The van der Waals surface area contributed by atoms with Crippen LogP contribution in [0.1, 0.15) is 18.9 Å². The van der Waals surface area contributed by atoms with Crippen LogP contribution in [0.3, 0.4) is 0 Å². The summed E-state index contributed by atoms with van der Waals surface area (Å²) in [5.41, 5.74) is 1.17. The van der Waals surface area contributed by atoms with E-state index in [0.717, 1.165) is 51.6 Å². The van der Waals surface area contributed by atoms with Crippen molar-refractivity contribution in [2.45, 2.75) is 26.4 Å². The lowest BCUT2D eigenvalue weighted by molar-refractivity contribution is -0.127. The van der Waals surface area contributed by atoms with Gasteiger partial charge in [0.25, 0.3) is 0 Å². The summed E-state index contributed by atoms with van der Waals surface area (Å²) in [7, 11) is 3.47. The summed E-state index contributed by atoms with van der Waals surface area (Å²) in [4.78, 5) is 20.3. The highest BCUT2D eigenvalue weighted by Crippen LogP contribution is 2.13.